The van der Waals surface area contributed by atoms with E-state index in [9.17, 15) is 4.79 Å². The number of nitrogens with zero attached hydrogens (tertiary/aromatic N) is 1. The molecular weight excluding hydrogens is 254 g/mol. The highest BCUT2D eigenvalue weighted by atomic mass is 16.5. The quantitative estimate of drug-likeness (QED) is 0.850. The number of aromatic amines is 1. The first-order valence-corrected chi connectivity index (χ1v) is 6.61. The zero-order valence-electron chi connectivity index (χ0n) is 11.7. The molecule has 0 saturated heterocycles. The maximum Gasteiger partial charge on any atom is 0.224 e. The average molecular weight is 273 g/mol. The van der Waals surface area contributed by atoms with Gasteiger partial charge in [-0.1, -0.05) is 12.1 Å². The zero-order chi connectivity index (χ0) is 14.4. The van der Waals surface area contributed by atoms with Crippen LogP contribution in [-0.2, 0) is 9.53 Å². The van der Waals surface area contributed by atoms with Gasteiger partial charge in [0.2, 0.25) is 5.91 Å². The lowest BCUT2D eigenvalue weighted by Crippen LogP contribution is -2.15. The minimum absolute atomic E-state index is 0.00295. The number of ether oxygens (including phenoxy) is 1. The third kappa shape index (κ3) is 3.93. The van der Waals surface area contributed by atoms with Crippen molar-refractivity contribution in [3.63, 3.8) is 0 Å². The Balaban J connectivity index is 1.89. The van der Waals surface area contributed by atoms with E-state index in [-0.39, 0.29) is 12.0 Å². The van der Waals surface area contributed by atoms with Gasteiger partial charge < -0.3 is 10.1 Å². The fourth-order valence-corrected chi connectivity index (χ4v) is 1.83. The van der Waals surface area contributed by atoms with Crippen molar-refractivity contribution < 1.29 is 9.53 Å². The van der Waals surface area contributed by atoms with Crippen LogP contribution in [0, 0.1) is 0 Å². The number of anilines is 1. The fraction of sp³-hybridized carbons (Fsp3) is 0.333. The molecule has 106 valence electrons. The van der Waals surface area contributed by atoms with E-state index in [0.717, 1.165) is 16.9 Å². The average Bonchev–Trinajstić information content (AvgIpc) is 2.99. The predicted molar refractivity (Wildman–Crippen MR) is 78.4 cm³/mol. The van der Waals surface area contributed by atoms with Crippen LogP contribution in [0.25, 0.3) is 11.3 Å². The van der Waals surface area contributed by atoms with Crippen LogP contribution < -0.4 is 5.32 Å². The fourth-order valence-electron chi connectivity index (χ4n) is 1.83. The monoisotopic (exact) mass is 273 g/mol. The Morgan fingerprint density at radius 2 is 2.10 bits per heavy atom. The van der Waals surface area contributed by atoms with Crippen LogP contribution in [-0.4, -0.2) is 29.3 Å². The third-order valence-corrected chi connectivity index (χ3v) is 3.16. The molecule has 20 heavy (non-hydrogen) atoms. The van der Waals surface area contributed by atoms with Crippen molar-refractivity contribution in [3.05, 3.63) is 36.5 Å². The summed E-state index contributed by atoms with van der Waals surface area (Å²) in [6, 6.07) is 9.56. The van der Waals surface area contributed by atoms with Crippen LogP contribution in [0.5, 0.6) is 0 Å². The third-order valence-electron chi connectivity index (χ3n) is 3.16. The first kappa shape index (κ1) is 14.3. The first-order valence-electron chi connectivity index (χ1n) is 6.61. The lowest BCUT2D eigenvalue weighted by atomic mass is 10.1. The number of hydrogen-bond acceptors (Lipinski definition) is 3. The van der Waals surface area contributed by atoms with Gasteiger partial charge in [0.05, 0.1) is 11.8 Å². The lowest BCUT2D eigenvalue weighted by molar-refractivity contribution is -0.116. The Morgan fingerprint density at radius 1 is 1.35 bits per heavy atom. The summed E-state index contributed by atoms with van der Waals surface area (Å²) in [6.07, 6.45) is 2.98. The molecule has 0 aliphatic heterocycles. The predicted octanol–water partition coefficient (Wildman–Crippen LogP) is 2.83. The molecule has 0 aliphatic carbocycles. The van der Waals surface area contributed by atoms with E-state index in [2.05, 4.69) is 15.5 Å². The van der Waals surface area contributed by atoms with Gasteiger partial charge in [0.25, 0.3) is 0 Å². The van der Waals surface area contributed by atoms with Crippen molar-refractivity contribution >= 4 is 11.6 Å². The summed E-state index contributed by atoms with van der Waals surface area (Å²) < 4.78 is 5.12. The molecule has 2 rings (SSSR count). The van der Waals surface area contributed by atoms with Gasteiger partial charge in [0.1, 0.15) is 0 Å². The summed E-state index contributed by atoms with van der Waals surface area (Å²) >= 11 is 0. The second-order valence-corrected chi connectivity index (χ2v) is 4.68. The van der Waals surface area contributed by atoms with E-state index < -0.39 is 0 Å². The van der Waals surface area contributed by atoms with E-state index in [1.54, 1.807) is 13.3 Å². The highest BCUT2D eigenvalue weighted by Gasteiger charge is 2.06. The van der Waals surface area contributed by atoms with Gasteiger partial charge in [0, 0.05) is 25.4 Å². The Kier molecular flexibility index (Phi) is 4.90. The van der Waals surface area contributed by atoms with Crippen LogP contribution in [0.3, 0.4) is 0 Å². The number of H-pyrrole nitrogens is 1. The largest absolute Gasteiger partial charge is 0.382 e. The Hall–Kier alpha value is -2.14. The summed E-state index contributed by atoms with van der Waals surface area (Å²) in [5, 5.41) is 9.69. The second-order valence-electron chi connectivity index (χ2n) is 4.68. The molecule has 5 nitrogen and oxygen atoms in total. The molecule has 2 aromatic rings. The van der Waals surface area contributed by atoms with E-state index in [4.69, 9.17) is 4.74 Å². The van der Waals surface area contributed by atoms with Crippen LogP contribution >= 0.6 is 0 Å². The summed E-state index contributed by atoms with van der Waals surface area (Å²) in [6.45, 7) is 1.95. The number of aromatic nitrogens is 2. The van der Waals surface area contributed by atoms with E-state index in [1.807, 2.05) is 37.3 Å². The van der Waals surface area contributed by atoms with Gasteiger partial charge in [-0.2, -0.15) is 5.10 Å². The molecule has 0 spiro atoms. The first-order chi connectivity index (χ1) is 9.69. The number of amides is 1. The Morgan fingerprint density at radius 3 is 2.70 bits per heavy atom. The van der Waals surface area contributed by atoms with Gasteiger partial charge in [0.15, 0.2) is 0 Å². The highest BCUT2D eigenvalue weighted by Crippen LogP contribution is 2.19. The number of benzene rings is 1. The van der Waals surface area contributed by atoms with Crippen LogP contribution in [0.4, 0.5) is 5.69 Å². The van der Waals surface area contributed by atoms with Crippen molar-refractivity contribution in [1.29, 1.82) is 0 Å². The Labute approximate surface area is 118 Å². The van der Waals surface area contributed by atoms with Gasteiger partial charge in [-0.05, 0) is 37.1 Å². The number of hydrogen-bond donors (Lipinski definition) is 2. The molecule has 0 saturated carbocycles. The van der Waals surface area contributed by atoms with Gasteiger partial charge in [-0.25, -0.2) is 0 Å². The van der Waals surface area contributed by atoms with E-state index in [1.165, 1.54) is 0 Å². The molecule has 1 amide bonds. The van der Waals surface area contributed by atoms with Crippen molar-refractivity contribution in [2.75, 3.05) is 12.4 Å². The topological polar surface area (TPSA) is 67.0 Å². The van der Waals surface area contributed by atoms with Crippen LogP contribution in [0.2, 0.25) is 0 Å². The maximum atomic E-state index is 11.8. The highest BCUT2D eigenvalue weighted by molar-refractivity contribution is 5.90. The lowest BCUT2D eigenvalue weighted by Gasteiger charge is -2.09. The molecule has 2 N–H and O–H groups in total. The van der Waals surface area contributed by atoms with Crippen molar-refractivity contribution in [1.82, 2.24) is 10.2 Å². The molecule has 5 heteroatoms. The number of carbonyl (C=O) groups is 1. The molecule has 0 fully saturated rings. The number of carbonyl (C=O) groups excluding carboxylic acids is 1. The minimum atomic E-state index is 0.00295. The van der Waals surface area contributed by atoms with E-state index in [0.29, 0.717) is 12.8 Å². The van der Waals surface area contributed by atoms with E-state index >= 15 is 0 Å². The Bertz CT molecular complexity index is 535. The summed E-state index contributed by atoms with van der Waals surface area (Å²) in [4.78, 5) is 11.8. The van der Waals surface area contributed by atoms with Crippen LogP contribution in [0.1, 0.15) is 19.8 Å². The zero-order valence-corrected chi connectivity index (χ0v) is 11.7. The molecule has 1 atom stereocenters. The summed E-state index contributed by atoms with van der Waals surface area (Å²) in [5.74, 6) is 0.00295. The molecule has 1 aromatic carbocycles. The molecule has 0 radical (unpaired) electrons. The molecular formula is C15H19N3O2. The number of methoxy groups -OCH3 is 1. The molecule has 0 aliphatic rings. The van der Waals surface area contributed by atoms with Crippen molar-refractivity contribution in [2.24, 2.45) is 0 Å². The number of rotatable bonds is 6. The van der Waals surface area contributed by atoms with Gasteiger partial charge in [-0.3, -0.25) is 9.89 Å². The van der Waals surface area contributed by atoms with Gasteiger partial charge >= 0.3 is 0 Å². The molecule has 1 heterocycles. The number of nitrogens with one attached hydrogen (secondary N) is 2. The second kappa shape index (κ2) is 6.86. The van der Waals surface area contributed by atoms with Crippen molar-refractivity contribution in [3.8, 4) is 11.3 Å². The van der Waals surface area contributed by atoms with Crippen LogP contribution in [0.15, 0.2) is 36.5 Å². The molecule has 1 unspecified atom stereocenters. The van der Waals surface area contributed by atoms with Gasteiger partial charge in [-0.15, -0.1) is 0 Å². The smallest absolute Gasteiger partial charge is 0.224 e. The standard InChI is InChI=1S/C15H19N3O2/c1-11(20-2)3-8-15(19)17-13-6-4-12(5-7-13)14-9-10-16-18-14/h4-7,9-11H,3,8H2,1-2H3,(H,16,18)(H,17,19). The molecule has 0 bridgehead atoms. The van der Waals surface area contributed by atoms with Crippen molar-refractivity contribution in [2.45, 2.75) is 25.9 Å². The minimum Gasteiger partial charge on any atom is -0.382 e. The molecule has 1 aromatic heterocycles. The normalized spacial score (nSPS) is 12.1. The maximum absolute atomic E-state index is 11.8. The summed E-state index contributed by atoms with van der Waals surface area (Å²) in [5.41, 5.74) is 2.79. The SMILES string of the molecule is COC(C)CCC(=O)Nc1ccc(-c2ccn[nH]2)cc1. The summed E-state index contributed by atoms with van der Waals surface area (Å²) in [7, 11) is 1.65.